The number of halogens is 1. The SMILES string of the molecule is Cc1ccc(-c2nc(C=Nc3ccc(F)cc3)c(O)o2)cc1. The predicted molar refractivity (Wildman–Crippen MR) is 82.0 cm³/mol. The number of hydrogen-bond donors (Lipinski definition) is 1. The molecule has 1 aromatic heterocycles. The first-order valence-electron chi connectivity index (χ1n) is 6.68. The Hall–Kier alpha value is -2.95. The van der Waals surface area contributed by atoms with Gasteiger partial charge in [-0.2, -0.15) is 0 Å². The molecule has 0 saturated carbocycles. The molecule has 110 valence electrons. The molecular formula is C17H13FN2O2. The van der Waals surface area contributed by atoms with E-state index in [0.717, 1.165) is 11.1 Å². The van der Waals surface area contributed by atoms with Gasteiger partial charge in [0.25, 0.3) is 0 Å². The molecule has 0 aliphatic rings. The lowest BCUT2D eigenvalue weighted by Crippen LogP contribution is -1.83. The normalized spacial score (nSPS) is 11.2. The van der Waals surface area contributed by atoms with E-state index in [-0.39, 0.29) is 17.5 Å². The van der Waals surface area contributed by atoms with Gasteiger partial charge in [0.05, 0.1) is 11.9 Å². The van der Waals surface area contributed by atoms with Crippen LogP contribution in [-0.2, 0) is 0 Å². The Labute approximate surface area is 126 Å². The molecule has 1 N–H and O–H groups in total. The van der Waals surface area contributed by atoms with Gasteiger partial charge in [0, 0.05) is 5.56 Å². The van der Waals surface area contributed by atoms with Crippen molar-refractivity contribution in [2.24, 2.45) is 4.99 Å². The zero-order chi connectivity index (χ0) is 15.5. The first-order valence-corrected chi connectivity index (χ1v) is 6.68. The Kier molecular flexibility index (Phi) is 3.70. The Morgan fingerprint density at radius 3 is 2.45 bits per heavy atom. The largest absolute Gasteiger partial charge is 0.479 e. The van der Waals surface area contributed by atoms with Crippen LogP contribution < -0.4 is 0 Å². The highest BCUT2D eigenvalue weighted by atomic mass is 19.1. The van der Waals surface area contributed by atoms with E-state index in [1.165, 1.54) is 30.5 Å². The Bertz CT molecular complexity index is 806. The van der Waals surface area contributed by atoms with Crippen molar-refractivity contribution in [3.63, 3.8) is 0 Å². The standard InChI is InChI=1S/C17H13FN2O2/c1-11-2-4-12(5-3-11)16-20-15(17(21)22-16)10-19-14-8-6-13(18)7-9-14/h2-10,21H,1H3. The van der Waals surface area contributed by atoms with Gasteiger partial charge in [-0.15, -0.1) is 0 Å². The molecule has 0 saturated heterocycles. The van der Waals surface area contributed by atoms with Crippen molar-refractivity contribution < 1.29 is 13.9 Å². The van der Waals surface area contributed by atoms with Crippen LogP contribution in [0.5, 0.6) is 5.95 Å². The van der Waals surface area contributed by atoms with Gasteiger partial charge in [-0.1, -0.05) is 17.7 Å². The molecule has 3 aromatic rings. The van der Waals surface area contributed by atoms with E-state index in [0.29, 0.717) is 11.6 Å². The second kappa shape index (κ2) is 5.81. The number of aliphatic imine (C=N–C) groups is 1. The van der Waals surface area contributed by atoms with Crippen LogP contribution in [0.3, 0.4) is 0 Å². The monoisotopic (exact) mass is 296 g/mol. The summed E-state index contributed by atoms with van der Waals surface area (Å²) in [4.78, 5) is 8.33. The highest BCUT2D eigenvalue weighted by molar-refractivity contribution is 5.82. The number of rotatable bonds is 3. The molecule has 0 spiro atoms. The number of benzene rings is 2. The molecule has 5 heteroatoms. The number of aromatic hydroxyl groups is 1. The second-order valence-corrected chi connectivity index (χ2v) is 4.81. The maximum atomic E-state index is 12.8. The van der Waals surface area contributed by atoms with Crippen molar-refractivity contribution in [2.75, 3.05) is 0 Å². The summed E-state index contributed by atoms with van der Waals surface area (Å²) >= 11 is 0. The van der Waals surface area contributed by atoms with Crippen LogP contribution in [0.2, 0.25) is 0 Å². The van der Waals surface area contributed by atoms with Gasteiger partial charge in [0.1, 0.15) is 5.82 Å². The molecule has 2 aromatic carbocycles. The van der Waals surface area contributed by atoms with E-state index in [4.69, 9.17) is 4.42 Å². The predicted octanol–water partition coefficient (Wildman–Crippen LogP) is 4.25. The fourth-order valence-electron chi connectivity index (χ4n) is 1.89. The lowest BCUT2D eigenvalue weighted by atomic mass is 10.1. The third kappa shape index (κ3) is 3.03. The summed E-state index contributed by atoms with van der Waals surface area (Å²) in [5, 5.41) is 9.79. The minimum absolute atomic E-state index is 0.222. The van der Waals surface area contributed by atoms with Crippen LogP contribution in [-0.4, -0.2) is 16.3 Å². The molecule has 0 aliphatic carbocycles. The van der Waals surface area contributed by atoms with Crippen molar-refractivity contribution in [3.05, 3.63) is 65.6 Å². The molecule has 0 atom stereocenters. The lowest BCUT2D eigenvalue weighted by molar-refractivity contribution is 0.337. The molecule has 0 aliphatic heterocycles. The van der Waals surface area contributed by atoms with Crippen LogP contribution in [0.25, 0.3) is 11.5 Å². The molecule has 0 bridgehead atoms. The number of aryl methyl sites for hydroxylation is 1. The highest BCUT2D eigenvalue weighted by Crippen LogP contribution is 2.26. The summed E-state index contributed by atoms with van der Waals surface area (Å²) in [6.45, 7) is 1.98. The molecular weight excluding hydrogens is 283 g/mol. The van der Waals surface area contributed by atoms with E-state index in [1.807, 2.05) is 31.2 Å². The smallest absolute Gasteiger partial charge is 0.312 e. The first kappa shape index (κ1) is 14.0. The van der Waals surface area contributed by atoms with Gasteiger partial charge >= 0.3 is 5.95 Å². The topological polar surface area (TPSA) is 58.6 Å². The average molecular weight is 296 g/mol. The quantitative estimate of drug-likeness (QED) is 0.735. The first-order chi connectivity index (χ1) is 10.6. The maximum absolute atomic E-state index is 12.8. The van der Waals surface area contributed by atoms with Crippen molar-refractivity contribution >= 4 is 11.9 Å². The van der Waals surface area contributed by atoms with E-state index in [9.17, 15) is 9.50 Å². The third-order valence-corrected chi connectivity index (χ3v) is 3.10. The molecule has 0 unspecified atom stereocenters. The number of aromatic nitrogens is 1. The van der Waals surface area contributed by atoms with Crippen LogP contribution in [0.15, 0.2) is 57.9 Å². The van der Waals surface area contributed by atoms with Gasteiger partial charge in [0.2, 0.25) is 5.89 Å². The Morgan fingerprint density at radius 1 is 1.09 bits per heavy atom. The van der Waals surface area contributed by atoms with Crippen LogP contribution in [0.4, 0.5) is 10.1 Å². The zero-order valence-corrected chi connectivity index (χ0v) is 11.8. The molecule has 0 amide bonds. The Balaban J connectivity index is 1.86. The molecule has 3 rings (SSSR count). The number of hydrogen-bond acceptors (Lipinski definition) is 4. The summed E-state index contributed by atoms with van der Waals surface area (Å²) in [7, 11) is 0. The summed E-state index contributed by atoms with van der Waals surface area (Å²) in [5.41, 5.74) is 2.67. The Morgan fingerprint density at radius 2 is 1.77 bits per heavy atom. The van der Waals surface area contributed by atoms with Crippen LogP contribution >= 0.6 is 0 Å². The zero-order valence-electron chi connectivity index (χ0n) is 11.8. The maximum Gasteiger partial charge on any atom is 0.312 e. The minimum Gasteiger partial charge on any atom is -0.479 e. The summed E-state index contributed by atoms with van der Waals surface area (Å²) in [6.07, 6.45) is 1.38. The van der Waals surface area contributed by atoms with Crippen LogP contribution in [0.1, 0.15) is 11.3 Å². The van der Waals surface area contributed by atoms with Crippen molar-refractivity contribution in [1.82, 2.24) is 4.98 Å². The van der Waals surface area contributed by atoms with Crippen molar-refractivity contribution in [2.45, 2.75) is 6.92 Å². The van der Waals surface area contributed by atoms with E-state index in [2.05, 4.69) is 9.98 Å². The van der Waals surface area contributed by atoms with Gasteiger partial charge in [0.15, 0.2) is 5.69 Å². The molecule has 1 heterocycles. The molecule has 0 radical (unpaired) electrons. The van der Waals surface area contributed by atoms with Crippen molar-refractivity contribution in [3.8, 4) is 17.4 Å². The van der Waals surface area contributed by atoms with Gasteiger partial charge in [-0.05, 0) is 43.3 Å². The fourth-order valence-corrected chi connectivity index (χ4v) is 1.89. The van der Waals surface area contributed by atoms with Crippen LogP contribution in [0, 0.1) is 12.7 Å². The van der Waals surface area contributed by atoms with E-state index < -0.39 is 0 Å². The summed E-state index contributed by atoms with van der Waals surface area (Å²) in [5.74, 6) is -0.315. The number of nitrogens with zero attached hydrogens (tertiary/aromatic N) is 2. The fraction of sp³-hybridized carbons (Fsp3) is 0.0588. The minimum atomic E-state index is -0.329. The number of oxazole rings is 1. The van der Waals surface area contributed by atoms with Gasteiger partial charge in [-0.3, -0.25) is 4.99 Å². The third-order valence-electron chi connectivity index (χ3n) is 3.10. The van der Waals surface area contributed by atoms with E-state index >= 15 is 0 Å². The lowest BCUT2D eigenvalue weighted by Gasteiger charge is -1.95. The summed E-state index contributed by atoms with van der Waals surface area (Å²) < 4.78 is 18.1. The van der Waals surface area contributed by atoms with Gasteiger partial charge in [-0.25, -0.2) is 9.37 Å². The highest BCUT2D eigenvalue weighted by Gasteiger charge is 2.12. The summed E-state index contributed by atoms with van der Waals surface area (Å²) in [6, 6.07) is 13.3. The molecule has 22 heavy (non-hydrogen) atoms. The molecule has 0 fully saturated rings. The van der Waals surface area contributed by atoms with Crippen molar-refractivity contribution in [1.29, 1.82) is 0 Å². The molecule has 4 nitrogen and oxygen atoms in total. The van der Waals surface area contributed by atoms with Gasteiger partial charge < -0.3 is 9.52 Å². The second-order valence-electron chi connectivity index (χ2n) is 4.81. The van der Waals surface area contributed by atoms with E-state index in [1.54, 1.807) is 0 Å². The average Bonchev–Trinajstić information content (AvgIpc) is 2.88.